The Hall–Kier alpha value is -1.90. The van der Waals surface area contributed by atoms with Crippen LogP contribution in [0.5, 0.6) is 0 Å². The SMILES string of the molecule is COC1=C(C(C)C)C(=O)c2ccccc2C1=O. The van der Waals surface area contributed by atoms with Gasteiger partial charge in [0.15, 0.2) is 11.5 Å². The third kappa shape index (κ3) is 1.68. The molecule has 0 saturated carbocycles. The number of methoxy groups -OCH3 is 1. The summed E-state index contributed by atoms with van der Waals surface area (Å²) in [7, 11) is 1.43. The van der Waals surface area contributed by atoms with E-state index in [2.05, 4.69) is 0 Å². The topological polar surface area (TPSA) is 43.4 Å². The number of ketones is 2. The molecule has 0 unspecified atom stereocenters. The second-order valence-corrected chi connectivity index (χ2v) is 4.31. The van der Waals surface area contributed by atoms with Gasteiger partial charge < -0.3 is 4.74 Å². The van der Waals surface area contributed by atoms with Crippen LogP contribution in [-0.2, 0) is 4.74 Å². The molecular weight excluding hydrogens is 216 g/mol. The first-order valence-corrected chi connectivity index (χ1v) is 5.54. The lowest BCUT2D eigenvalue weighted by atomic mass is 9.83. The third-order valence-electron chi connectivity index (χ3n) is 2.89. The highest BCUT2D eigenvalue weighted by atomic mass is 16.5. The number of Topliss-reactive ketones (excluding diaryl/α,β-unsaturated/α-hetero) is 2. The average Bonchev–Trinajstić information content (AvgIpc) is 2.33. The number of carbonyl (C=O) groups excluding carboxylic acids is 2. The van der Waals surface area contributed by atoms with Crippen LogP contribution in [-0.4, -0.2) is 18.7 Å². The lowest BCUT2D eigenvalue weighted by molar-refractivity contribution is 0.0897. The summed E-state index contributed by atoms with van der Waals surface area (Å²) in [6.07, 6.45) is 0. The van der Waals surface area contributed by atoms with Crippen LogP contribution in [0.2, 0.25) is 0 Å². The number of benzene rings is 1. The van der Waals surface area contributed by atoms with Gasteiger partial charge in [-0.15, -0.1) is 0 Å². The van der Waals surface area contributed by atoms with Gasteiger partial charge in [-0.2, -0.15) is 0 Å². The van der Waals surface area contributed by atoms with E-state index >= 15 is 0 Å². The molecule has 1 aromatic rings. The summed E-state index contributed by atoms with van der Waals surface area (Å²) in [4.78, 5) is 24.5. The summed E-state index contributed by atoms with van der Waals surface area (Å²) in [6, 6.07) is 6.85. The Bertz CT molecular complexity index is 524. The summed E-state index contributed by atoms with van der Waals surface area (Å²) < 4.78 is 5.11. The molecule has 1 aromatic carbocycles. The molecule has 0 aromatic heterocycles. The van der Waals surface area contributed by atoms with E-state index in [9.17, 15) is 9.59 Å². The molecule has 0 bridgehead atoms. The molecule has 0 radical (unpaired) electrons. The average molecular weight is 230 g/mol. The molecule has 0 aliphatic heterocycles. The van der Waals surface area contributed by atoms with Crippen LogP contribution >= 0.6 is 0 Å². The third-order valence-corrected chi connectivity index (χ3v) is 2.89. The number of hydrogen-bond donors (Lipinski definition) is 0. The highest BCUT2D eigenvalue weighted by Gasteiger charge is 2.33. The van der Waals surface area contributed by atoms with Crippen molar-refractivity contribution in [2.75, 3.05) is 7.11 Å². The van der Waals surface area contributed by atoms with Crippen molar-refractivity contribution in [2.24, 2.45) is 5.92 Å². The van der Waals surface area contributed by atoms with Crippen LogP contribution < -0.4 is 0 Å². The maximum atomic E-state index is 12.3. The minimum atomic E-state index is -0.202. The molecule has 0 heterocycles. The van der Waals surface area contributed by atoms with Gasteiger partial charge in [-0.25, -0.2) is 0 Å². The Morgan fingerprint density at radius 2 is 1.53 bits per heavy atom. The predicted molar refractivity (Wildman–Crippen MR) is 64.0 cm³/mol. The quantitative estimate of drug-likeness (QED) is 0.784. The maximum Gasteiger partial charge on any atom is 0.228 e. The molecule has 0 saturated heterocycles. The van der Waals surface area contributed by atoms with Crippen LogP contribution in [0.1, 0.15) is 34.6 Å². The van der Waals surface area contributed by atoms with Crippen molar-refractivity contribution >= 4 is 11.6 Å². The predicted octanol–water partition coefficient (Wildman–Crippen LogP) is 2.62. The standard InChI is InChI=1S/C14H14O3/c1-8(2)11-12(15)9-6-4-5-7-10(9)13(16)14(11)17-3/h4-8H,1-3H3. The fraction of sp³-hybridized carbons (Fsp3) is 0.286. The lowest BCUT2D eigenvalue weighted by Gasteiger charge is -2.21. The van der Waals surface area contributed by atoms with Crippen LogP contribution in [0.15, 0.2) is 35.6 Å². The first kappa shape index (κ1) is 11.6. The van der Waals surface area contributed by atoms with Crippen molar-refractivity contribution in [3.8, 4) is 0 Å². The van der Waals surface area contributed by atoms with Gasteiger partial charge in [-0.3, -0.25) is 9.59 Å². The van der Waals surface area contributed by atoms with Gasteiger partial charge in [0.1, 0.15) is 0 Å². The van der Waals surface area contributed by atoms with Gasteiger partial charge in [0.05, 0.1) is 7.11 Å². The molecule has 88 valence electrons. The fourth-order valence-corrected chi connectivity index (χ4v) is 2.10. The minimum absolute atomic E-state index is 0.0326. The monoisotopic (exact) mass is 230 g/mol. The Morgan fingerprint density at radius 1 is 1.00 bits per heavy atom. The molecular formula is C14H14O3. The summed E-state index contributed by atoms with van der Waals surface area (Å²) in [6.45, 7) is 3.76. The maximum absolute atomic E-state index is 12.3. The molecule has 3 nitrogen and oxygen atoms in total. The van der Waals surface area contributed by atoms with Gasteiger partial charge >= 0.3 is 0 Å². The molecule has 0 N–H and O–H groups in total. The van der Waals surface area contributed by atoms with Crippen LogP contribution in [0, 0.1) is 5.92 Å². The van der Waals surface area contributed by atoms with Crippen LogP contribution in [0.4, 0.5) is 0 Å². The zero-order valence-corrected chi connectivity index (χ0v) is 10.1. The van der Waals surface area contributed by atoms with Crippen LogP contribution in [0.3, 0.4) is 0 Å². The molecule has 0 atom stereocenters. The fourth-order valence-electron chi connectivity index (χ4n) is 2.10. The smallest absolute Gasteiger partial charge is 0.228 e. The number of allylic oxidation sites excluding steroid dienone is 2. The number of hydrogen-bond acceptors (Lipinski definition) is 3. The zero-order valence-electron chi connectivity index (χ0n) is 10.1. The van der Waals surface area contributed by atoms with E-state index in [4.69, 9.17) is 4.74 Å². The first-order valence-electron chi connectivity index (χ1n) is 5.54. The number of fused-ring (bicyclic) bond motifs is 1. The Morgan fingerprint density at radius 3 is 2.00 bits per heavy atom. The molecule has 17 heavy (non-hydrogen) atoms. The van der Waals surface area contributed by atoms with E-state index in [1.54, 1.807) is 24.3 Å². The van der Waals surface area contributed by atoms with Gasteiger partial charge in [0.25, 0.3) is 0 Å². The molecule has 3 heteroatoms. The zero-order chi connectivity index (χ0) is 12.6. The van der Waals surface area contributed by atoms with E-state index in [1.165, 1.54) is 7.11 Å². The van der Waals surface area contributed by atoms with Gasteiger partial charge in [0, 0.05) is 16.7 Å². The van der Waals surface area contributed by atoms with Crippen molar-refractivity contribution < 1.29 is 14.3 Å². The summed E-state index contributed by atoms with van der Waals surface area (Å²) in [5.41, 5.74) is 1.37. The number of carbonyl (C=O) groups is 2. The molecule has 2 rings (SSSR count). The first-order chi connectivity index (χ1) is 8.07. The minimum Gasteiger partial charge on any atom is -0.492 e. The van der Waals surface area contributed by atoms with E-state index in [0.29, 0.717) is 16.7 Å². The van der Waals surface area contributed by atoms with E-state index in [-0.39, 0.29) is 23.2 Å². The Balaban J connectivity index is 2.69. The van der Waals surface area contributed by atoms with E-state index in [1.807, 2.05) is 13.8 Å². The Labute approximate surface area is 100 Å². The molecule has 1 aliphatic carbocycles. The molecule has 1 aliphatic rings. The summed E-state index contributed by atoms with van der Waals surface area (Å²) in [5, 5.41) is 0. The van der Waals surface area contributed by atoms with Gasteiger partial charge in [-0.1, -0.05) is 38.1 Å². The van der Waals surface area contributed by atoms with Gasteiger partial charge in [0.2, 0.25) is 5.78 Å². The van der Waals surface area contributed by atoms with Gasteiger partial charge in [-0.05, 0) is 5.92 Å². The van der Waals surface area contributed by atoms with E-state index in [0.717, 1.165) is 0 Å². The van der Waals surface area contributed by atoms with Crippen molar-refractivity contribution in [3.05, 3.63) is 46.7 Å². The Kier molecular flexibility index (Phi) is 2.84. The second-order valence-electron chi connectivity index (χ2n) is 4.31. The summed E-state index contributed by atoms with van der Waals surface area (Å²) >= 11 is 0. The largest absolute Gasteiger partial charge is 0.492 e. The molecule has 0 spiro atoms. The highest BCUT2D eigenvalue weighted by molar-refractivity contribution is 6.26. The second kappa shape index (κ2) is 4.17. The number of rotatable bonds is 2. The summed E-state index contributed by atoms with van der Waals surface area (Å²) in [5.74, 6) is -0.156. The van der Waals surface area contributed by atoms with Crippen molar-refractivity contribution in [1.29, 1.82) is 0 Å². The lowest BCUT2D eigenvalue weighted by Crippen LogP contribution is -2.25. The van der Waals surface area contributed by atoms with Crippen molar-refractivity contribution in [2.45, 2.75) is 13.8 Å². The van der Waals surface area contributed by atoms with Crippen LogP contribution in [0.25, 0.3) is 0 Å². The molecule has 0 amide bonds. The normalized spacial score (nSPS) is 15.3. The number of ether oxygens (including phenoxy) is 1. The van der Waals surface area contributed by atoms with Crippen molar-refractivity contribution in [1.82, 2.24) is 0 Å². The molecule has 0 fully saturated rings. The van der Waals surface area contributed by atoms with Crippen molar-refractivity contribution in [3.63, 3.8) is 0 Å². The highest BCUT2D eigenvalue weighted by Crippen LogP contribution is 2.30. The van der Waals surface area contributed by atoms with E-state index < -0.39 is 0 Å².